The summed E-state index contributed by atoms with van der Waals surface area (Å²) in [6.07, 6.45) is 1.47. The van der Waals surface area contributed by atoms with Crippen molar-refractivity contribution in [2.45, 2.75) is 19.8 Å². The Hall–Kier alpha value is -0.670. The van der Waals surface area contributed by atoms with Crippen molar-refractivity contribution < 1.29 is 8.42 Å². The molecule has 0 aliphatic carbocycles. The van der Waals surface area contributed by atoms with E-state index in [4.69, 9.17) is 11.5 Å². The van der Waals surface area contributed by atoms with Gasteiger partial charge >= 0.3 is 10.2 Å². The van der Waals surface area contributed by atoms with Crippen LogP contribution in [0.25, 0.3) is 0 Å². The zero-order chi connectivity index (χ0) is 12.1. The second-order valence-corrected chi connectivity index (χ2v) is 5.19. The molecule has 0 fully saturated rings. The van der Waals surface area contributed by atoms with Crippen LogP contribution in [0.3, 0.4) is 0 Å². The van der Waals surface area contributed by atoms with E-state index < -0.39 is 10.2 Å². The van der Waals surface area contributed by atoms with Crippen molar-refractivity contribution in [3.63, 3.8) is 0 Å². The maximum atomic E-state index is 11.6. The van der Waals surface area contributed by atoms with Crippen LogP contribution in [0, 0.1) is 0 Å². The van der Waals surface area contributed by atoms with Gasteiger partial charge in [0.15, 0.2) is 10.2 Å². The Labute approximate surface area is 100 Å². The van der Waals surface area contributed by atoms with Gasteiger partial charge in [0.25, 0.3) is 0 Å². The fourth-order valence-electron chi connectivity index (χ4n) is 0.833. The van der Waals surface area contributed by atoms with Gasteiger partial charge in [-0.15, -0.1) is 0 Å². The van der Waals surface area contributed by atoms with Gasteiger partial charge in [-0.1, -0.05) is 13.3 Å². The van der Waals surface area contributed by atoms with E-state index in [9.17, 15) is 8.42 Å². The maximum absolute atomic E-state index is 11.6. The lowest BCUT2D eigenvalue weighted by Crippen LogP contribution is -2.50. The monoisotopic (exact) mass is 270 g/mol. The van der Waals surface area contributed by atoms with Crippen LogP contribution in [0.1, 0.15) is 19.8 Å². The SMILES string of the molecule is CCCCN(C(N)=S)S(=O)(=O)NC(N)=S. The number of nitrogens with zero attached hydrogens (tertiary/aromatic N) is 1. The number of hydrogen-bond donors (Lipinski definition) is 3. The average Bonchev–Trinajstić information content (AvgIpc) is 2.00. The smallest absolute Gasteiger partial charge is 0.327 e. The molecule has 0 aromatic carbocycles. The van der Waals surface area contributed by atoms with E-state index in [1.165, 1.54) is 0 Å². The number of thiocarbonyl (C=S) groups is 2. The zero-order valence-corrected chi connectivity index (χ0v) is 10.7. The van der Waals surface area contributed by atoms with Gasteiger partial charge < -0.3 is 11.5 Å². The largest absolute Gasteiger partial charge is 0.375 e. The second kappa shape index (κ2) is 6.03. The number of nitrogens with two attached hydrogens (primary N) is 2. The first-order chi connectivity index (χ1) is 6.81. The van der Waals surface area contributed by atoms with Crippen LogP contribution >= 0.6 is 24.4 Å². The molecule has 0 saturated heterocycles. The van der Waals surface area contributed by atoms with Gasteiger partial charge in [0, 0.05) is 6.54 Å². The van der Waals surface area contributed by atoms with Gasteiger partial charge in [-0.05, 0) is 30.9 Å². The van der Waals surface area contributed by atoms with Gasteiger partial charge in [-0.25, -0.2) is 9.03 Å². The summed E-state index contributed by atoms with van der Waals surface area (Å²) in [5.41, 5.74) is 10.4. The van der Waals surface area contributed by atoms with E-state index in [-0.39, 0.29) is 16.8 Å². The summed E-state index contributed by atoms with van der Waals surface area (Å²) >= 11 is 9.07. The molecule has 0 heterocycles. The molecule has 0 spiro atoms. The van der Waals surface area contributed by atoms with E-state index in [0.717, 1.165) is 10.7 Å². The van der Waals surface area contributed by atoms with Crippen LogP contribution in [0.15, 0.2) is 0 Å². The van der Waals surface area contributed by atoms with Crippen LogP contribution in [0.2, 0.25) is 0 Å². The third kappa shape index (κ3) is 5.09. The van der Waals surface area contributed by atoms with Crippen molar-refractivity contribution in [1.82, 2.24) is 9.03 Å². The Morgan fingerprint density at radius 3 is 2.27 bits per heavy atom. The molecule has 15 heavy (non-hydrogen) atoms. The molecule has 5 N–H and O–H groups in total. The predicted molar refractivity (Wildman–Crippen MR) is 67.2 cm³/mol. The van der Waals surface area contributed by atoms with E-state index >= 15 is 0 Å². The molecule has 0 amide bonds. The molecule has 0 rings (SSSR count). The maximum Gasteiger partial charge on any atom is 0.327 e. The Morgan fingerprint density at radius 2 is 1.93 bits per heavy atom. The number of hydrogen-bond acceptors (Lipinski definition) is 4. The van der Waals surface area contributed by atoms with Crippen molar-refractivity contribution >= 4 is 44.9 Å². The molecule has 0 aliphatic rings. The summed E-state index contributed by atoms with van der Waals surface area (Å²) in [6.45, 7) is 2.13. The molecule has 0 unspecified atom stereocenters. The summed E-state index contributed by atoms with van der Waals surface area (Å²) < 4.78 is 26.0. The van der Waals surface area contributed by atoms with Crippen molar-refractivity contribution in [3.8, 4) is 0 Å². The first kappa shape index (κ1) is 14.3. The lowest BCUT2D eigenvalue weighted by atomic mass is 10.3. The van der Waals surface area contributed by atoms with Crippen LogP contribution in [0.5, 0.6) is 0 Å². The third-order valence-corrected chi connectivity index (χ3v) is 3.48. The standard InChI is InChI=1S/C6H14N4O2S3/c1-2-3-4-10(6(8)14)15(11,12)9-5(7)13/h2-4H2,1H3,(H2,8,14)(H3,7,9,13). The van der Waals surface area contributed by atoms with Gasteiger partial charge in [0.2, 0.25) is 0 Å². The molecule has 88 valence electrons. The molecule has 0 bridgehead atoms. The number of unbranched alkanes of at least 4 members (excludes halogenated alkanes) is 1. The Morgan fingerprint density at radius 1 is 1.40 bits per heavy atom. The van der Waals surface area contributed by atoms with E-state index in [0.29, 0.717) is 6.42 Å². The van der Waals surface area contributed by atoms with Crippen molar-refractivity contribution in [2.75, 3.05) is 6.54 Å². The zero-order valence-electron chi connectivity index (χ0n) is 8.26. The highest BCUT2D eigenvalue weighted by Crippen LogP contribution is 2.01. The molecular weight excluding hydrogens is 256 g/mol. The first-order valence-corrected chi connectivity index (χ1v) is 6.46. The highest BCUT2D eigenvalue weighted by molar-refractivity contribution is 7.91. The fraction of sp³-hybridized carbons (Fsp3) is 0.667. The van der Waals surface area contributed by atoms with Crippen molar-refractivity contribution in [3.05, 3.63) is 0 Å². The van der Waals surface area contributed by atoms with Crippen LogP contribution < -0.4 is 16.2 Å². The molecule has 0 aromatic rings. The van der Waals surface area contributed by atoms with Crippen LogP contribution in [-0.4, -0.2) is 29.5 Å². The normalized spacial score (nSPS) is 10.7. The van der Waals surface area contributed by atoms with Crippen LogP contribution in [-0.2, 0) is 10.2 Å². The van der Waals surface area contributed by atoms with Gasteiger partial charge in [-0.2, -0.15) is 8.42 Å². The predicted octanol–water partition coefficient (Wildman–Crippen LogP) is -0.590. The minimum Gasteiger partial charge on any atom is -0.375 e. The first-order valence-electron chi connectivity index (χ1n) is 4.20. The Bertz CT molecular complexity index is 340. The van der Waals surface area contributed by atoms with E-state index in [2.05, 4.69) is 24.4 Å². The lowest BCUT2D eigenvalue weighted by Gasteiger charge is -2.22. The summed E-state index contributed by atoms with van der Waals surface area (Å²) in [6, 6.07) is 0. The molecule has 0 radical (unpaired) electrons. The van der Waals surface area contributed by atoms with Gasteiger partial charge in [-0.3, -0.25) is 0 Å². The summed E-state index contributed by atoms with van der Waals surface area (Å²) in [4.78, 5) is 0. The van der Waals surface area contributed by atoms with Gasteiger partial charge in [0.05, 0.1) is 0 Å². The average molecular weight is 270 g/mol. The molecule has 6 nitrogen and oxygen atoms in total. The van der Waals surface area contributed by atoms with Crippen molar-refractivity contribution in [2.24, 2.45) is 11.5 Å². The molecule has 0 aliphatic heterocycles. The molecular formula is C6H14N4O2S3. The van der Waals surface area contributed by atoms with Gasteiger partial charge in [0.1, 0.15) is 0 Å². The minimum atomic E-state index is -3.84. The Kier molecular flexibility index (Phi) is 5.76. The molecule has 0 saturated carbocycles. The highest BCUT2D eigenvalue weighted by atomic mass is 32.2. The number of nitrogens with one attached hydrogen (secondary N) is 1. The fourth-order valence-corrected chi connectivity index (χ4v) is 2.51. The van der Waals surface area contributed by atoms with E-state index in [1.807, 2.05) is 11.6 Å². The number of rotatable bonds is 5. The van der Waals surface area contributed by atoms with Crippen LogP contribution in [0.4, 0.5) is 0 Å². The summed E-state index contributed by atoms with van der Waals surface area (Å²) in [5.74, 6) is 0. The topological polar surface area (TPSA) is 101 Å². The quantitative estimate of drug-likeness (QED) is 0.577. The summed E-state index contributed by atoms with van der Waals surface area (Å²) in [7, 11) is -3.84. The molecule has 0 atom stereocenters. The minimum absolute atomic E-state index is 0.212. The molecule has 9 heteroatoms. The van der Waals surface area contributed by atoms with E-state index in [1.54, 1.807) is 0 Å². The highest BCUT2D eigenvalue weighted by Gasteiger charge is 2.22. The Balaban J connectivity index is 4.75. The lowest BCUT2D eigenvalue weighted by molar-refractivity contribution is 0.508. The third-order valence-electron chi connectivity index (χ3n) is 1.48. The second-order valence-electron chi connectivity index (χ2n) is 2.74. The molecule has 0 aromatic heterocycles. The summed E-state index contributed by atoms with van der Waals surface area (Å²) in [5, 5.41) is -0.569. The van der Waals surface area contributed by atoms with Crippen molar-refractivity contribution in [1.29, 1.82) is 0 Å².